The lowest BCUT2D eigenvalue weighted by atomic mass is 10.2. The Labute approximate surface area is 111 Å². The van der Waals surface area contributed by atoms with Crippen molar-refractivity contribution in [2.75, 3.05) is 13.7 Å². The summed E-state index contributed by atoms with van der Waals surface area (Å²) in [6.45, 7) is 2.26. The first-order chi connectivity index (χ1) is 8.74. The van der Waals surface area contributed by atoms with Crippen molar-refractivity contribution in [1.82, 2.24) is 4.98 Å². The molecule has 0 bridgehead atoms. The maximum absolute atomic E-state index is 8.87. The van der Waals surface area contributed by atoms with Gasteiger partial charge in [-0.3, -0.25) is 0 Å². The minimum absolute atomic E-state index is 0.231. The van der Waals surface area contributed by atoms with E-state index in [-0.39, 0.29) is 6.61 Å². The largest absolute Gasteiger partial charge is 0.497 e. The third-order valence-electron chi connectivity index (χ3n) is 2.79. The molecule has 96 valence electrons. The second kappa shape index (κ2) is 5.98. The molecule has 0 unspecified atom stereocenters. The molecule has 0 saturated heterocycles. The number of methoxy groups -OCH3 is 1. The zero-order valence-corrected chi connectivity index (χ0v) is 11.5. The molecule has 0 aliphatic heterocycles. The number of aliphatic hydroxyl groups is 1. The Morgan fingerprint density at radius 3 is 2.61 bits per heavy atom. The van der Waals surface area contributed by atoms with Crippen molar-refractivity contribution < 1.29 is 9.84 Å². The first kappa shape index (κ1) is 13.1. The third-order valence-corrected chi connectivity index (χ3v) is 4.06. The van der Waals surface area contributed by atoms with Gasteiger partial charge in [-0.2, -0.15) is 0 Å². The van der Waals surface area contributed by atoms with Crippen LogP contribution < -0.4 is 4.74 Å². The molecular formula is C14H17NO2S. The number of hydrogen-bond donors (Lipinski definition) is 1. The van der Waals surface area contributed by atoms with Gasteiger partial charge in [0, 0.05) is 17.0 Å². The smallest absolute Gasteiger partial charge is 0.123 e. The van der Waals surface area contributed by atoms with Gasteiger partial charge in [-0.1, -0.05) is 0 Å². The van der Waals surface area contributed by atoms with E-state index >= 15 is 0 Å². The highest BCUT2D eigenvalue weighted by atomic mass is 32.1. The van der Waals surface area contributed by atoms with E-state index < -0.39 is 0 Å². The summed E-state index contributed by atoms with van der Waals surface area (Å²) in [5.74, 6) is 0.854. The van der Waals surface area contributed by atoms with Crippen LogP contribution in [-0.2, 0) is 6.42 Å². The maximum Gasteiger partial charge on any atom is 0.123 e. The zero-order valence-electron chi connectivity index (χ0n) is 10.6. The van der Waals surface area contributed by atoms with Crippen LogP contribution >= 0.6 is 11.3 Å². The quantitative estimate of drug-likeness (QED) is 0.901. The minimum Gasteiger partial charge on any atom is -0.497 e. The number of benzene rings is 1. The van der Waals surface area contributed by atoms with E-state index in [4.69, 9.17) is 9.84 Å². The summed E-state index contributed by atoms with van der Waals surface area (Å²) < 4.78 is 5.14. The van der Waals surface area contributed by atoms with Crippen LogP contribution in [0.3, 0.4) is 0 Å². The van der Waals surface area contributed by atoms with Gasteiger partial charge in [-0.25, -0.2) is 4.98 Å². The van der Waals surface area contributed by atoms with Gasteiger partial charge >= 0.3 is 0 Å². The van der Waals surface area contributed by atoms with Crippen LogP contribution in [0.5, 0.6) is 5.75 Å². The Balaban J connectivity index is 2.21. The average Bonchev–Trinajstić information content (AvgIpc) is 2.78. The highest BCUT2D eigenvalue weighted by molar-refractivity contribution is 7.15. The Bertz CT molecular complexity index is 505. The van der Waals surface area contributed by atoms with Crippen molar-refractivity contribution >= 4 is 11.3 Å². The Morgan fingerprint density at radius 2 is 2.00 bits per heavy atom. The van der Waals surface area contributed by atoms with Crippen molar-refractivity contribution in [2.24, 2.45) is 0 Å². The molecule has 3 nitrogen and oxygen atoms in total. The summed E-state index contributed by atoms with van der Waals surface area (Å²) in [5.41, 5.74) is 2.18. The fraction of sp³-hybridized carbons (Fsp3) is 0.357. The normalized spacial score (nSPS) is 10.6. The van der Waals surface area contributed by atoms with Gasteiger partial charge in [-0.05, 0) is 44.0 Å². The molecule has 0 amide bonds. The summed E-state index contributed by atoms with van der Waals surface area (Å²) in [4.78, 5) is 5.84. The van der Waals surface area contributed by atoms with Crippen LogP contribution in [0.15, 0.2) is 24.3 Å². The number of hydrogen-bond acceptors (Lipinski definition) is 4. The average molecular weight is 263 g/mol. The Morgan fingerprint density at radius 1 is 1.28 bits per heavy atom. The molecule has 0 radical (unpaired) electrons. The SMILES string of the molecule is COc1ccc(-c2nc(C)c(CCCO)s2)cc1. The molecule has 0 aliphatic carbocycles. The summed E-state index contributed by atoms with van der Waals surface area (Å²) in [6, 6.07) is 7.93. The van der Waals surface area contributed by atoms with Gasteiger partial charge in [0.25, 0.3) is 0 Å². The monoisotopic (exact) mass is 263 g/mol. The number of aromatic nitrogens is 1. The molecule has 1 aromatic carbocycles. The lowest BCUT2D eigenvalue weighted by molar-refractivity contribution is 0.289. The molecule has 0 spiro atoms. The first-order valence-corrected chi connectivity index (χ1v) is 6.78. The molecule has 0 aliphatic rings. The van der Waals surface area contributed by atoms with Crippen LogP contribution in [0.25, 0.3) is 10.6 Å². The molecule has 0 fully saturated rings. The fourth-order valence-corrected chi connectivity index (χ4v) is 2.87. The lowest BCUT2D eigenvalue weighted by Crippen LogP contribution is -1.88. The summed E-state index contributed by atoms with van der Waals surface area (Å²) >= 11 is 1.70. The molecule has 0 saturated carbocycles. The molecule has 1 heterocycles. The molecule has 18 heavy (non-hydrogen) atoms. The molecule has 1 N–H and O–H groups in total. The number of thiazole rings is 1. The standard InChI is InChI=1S/C14H17NO2S/c1-10-13(4-3-9-16)18-14(15-10)11-5-7-12(17-2)8-6-11/h5-8,16H,3-4,9H2,1-2H3. The number of rotatable bonds is 5. The van der Waals surface area contributed by atoms with E-state index in [0.29, 0.717) is 0 Å². The van der Waals surface area contributed by atoms with E-state index in [0.717, 1.165) is 34.9 Å². The topological polar surface area (TPSA) is 42.4 Å². The second-order valence-corrected chi connectivity index (χ2v) is 5.17. The number of aliphatic hydroxyl groups excluding tert-OH is 1. The Hall–Kier alpha value is -1.39. The lowest BCUT2D eigenvalue weighted by Gasteiger charge is -2.00. The summed E-state index contributed by atoms with van der Waals surface area (Å²) in [5, 5.41) is 9.90. The van der Waals surface area contributed by atoms with Gasteiger partial charge in [0.1, 0.15) is 10.8 Å². The maximum atomic E-state index is 8.87. The molecule has 2 rings (SSSR count). The van der Waals surface area contributed by atoms with Crippen LogP contribution in [0.2, 0.25) is 0 Å². The van der Waals surface area contributed by atoms with Crippen molar-refractivity contribution in [2.45, 2.75) is 19.8 Å². The van der Waals surface area contributed by atoms with Crippen molar-refractivity contribution in [3.63, 3.8) is 0 Å². The van der Waals surface area contributed by atoms with Gasteiger partial charge < -0.3 is 9.84 Å². The van der Waals surface area contributed by atoms with Gasteiger partial charge in [0.15, 0.2) is 0 Å². The highest BCUT2D eigenvalue weighted by Gasteiger charge is 2.09. The number of nitrogens with zero attached hydrogens (tertiary/aromatic N) is 1. The van der Waals surface area contributed by atoms with Crippen molar-refractivity contribution in [3.8, 4) is 16.3 Å². The molecule has 0 atom stereocenters. The van der Waals surface area contributed by atoms with Crippen molar-refractivity contribution in [1.29, 1.82) is 0 Å². The van der Waals surface area contributed by atoms with E-state index in [1.54, 1.807) is 18.4 Å². The van der Waals surface area contributed by atoms with Gasteiger partial charge in [0.2, 0.25) is 0 Å². The van der Waals surface area contributed by atoms with Crippen LogP contribution in [-0.4, -0.2) is 23.8 Å². The zero-order chi connectivity index (χ0) is 13.0. The minimum atomic E-state index is 0.231. The molecule has 4 heteroatoms. The highest BCUT2D eigenvalue weighted by Crippen LogP contribution is 2.29. The molecule has 2 aromatic rings. The first-order valence-electron chi connectivity index (χ1n) is 5.96. The number of ether oxygens (including phenoxy) is 1. The van der Waals surface area contributed by atoms with E-state index in [1.165, 1.54) is 4.88 Å². The predicted octanol–water partition coefficient (Wildman–Crippen LogP) is 3.05. The predicted molar refractivity (Wildman–Crippen MR) is 74.2 cm³/mol. The fourth-order valence-electron chi connectivity index (χ4n) is 1.76. The van der Waals surface area contributed by atoms with E-state index in [1.807, 2.05) is 31.2 Å². The van der Waals surface area contributed by atoms with E-state index in [9.17, 15) is 0 Å². The number of aryl methyl sites for hydroxylation is 2. The Kier molecular flexibility index (Phi) is 4.33. The summed E-state index contributed by atoms with van der Waals surface area (Å²) in [6.07, 6.45) is 1.70. The molecule has 1 aromatic heterocycles. The van der Waals surface area contributed by atoms with E-state index in [2.05, 4.69) is 4.98 Å². The van der Waals surface area contributed by atoms with Crippen LogP contribution in [0.4, 0.5) is 0 Å². The molecular weight excluding hydrogens is 246 g/mol. The van der Waals surface area contributed by atoms with Crippen molar-refractivity contribution in [3.05, 3.63) is 34.8 Å². The van der Waals surface area contributed by atoms with Crippen LogP contribution in [0, 0.1) is 6.92 Å². The third kappa shape index (κ3) is 2.89. The summed E-state index contributed by atoms with van der Waals surface area (Å²) in [7, 11) is 1.66. The van der Waals surface area contributed by atoms with Gasteiger partial charge in [-0.15, -0.1) is 11.3 Å². The second-order valence-electron chi connectivity index (χ2n) is 4.08. The van der Waals surface area contributed by atoms with Crippen LogP contribution in [0.1, 0.15) is 17.0 Å². The van der Waals surface area contributed by atoms with Gasteiger partial charge in [0.05, 0.1) is 12.8 Å².